The first-order chi connectivity index (χ1) is 16.8. The number of anilines is 2. The summed E-state index contributed by atoms with van der Waals surface area (Å²) in [5, 5.41) is 11.6. The lowest BCUT2D eigenvalue weighted by Crippen LogP contribution is -2.17. The minimum absolute atomic E-state index is 0.0575. The average Bonchev–Trinajstić information content (AvgIpc) is 2.84. The minimum atomic E-state index is -1.44. The van der Waals surface area contributed by atoms with Crippen LogP contribution >= 0.6 is 0 Å². The Morgan fingerprint density at radius 3 is 2.49 bits per heavy atom. The monoisotopic (exact) mass is 478 g/mol. The topological polar surface area (TPSA) is 87.6 Å². The summed E-state index contributed by atoms with van der Waals surface area (Å²) in [6, 6.07) is 13.2. The van der Waals surface area contributed by atoms with Crippen LogP contribution in [-0.4, -0.2) is 35.3 Å². The largest absolute Gasteiger partial charge is 0.497 e. The Morgan fingerprint density at radius 1 is 1.09 bits per heavy atom. The number of carboxylic acid groups (broad SMARTS) is 1. The standard InChI is InChI=1S/C26H24F2N4O3/c1-4-22-19(18-10-24(31-26(33)34)21(28)11-20(18)27)9-16-13-29-25(12-23(16)30-22)32(2)14-15-5-7-17(35-3)8-6-15/h5-13,31H,4,14H2,1-3H3,(H,33,34). The summed E-state index contributed by atoms with van der Waals surface area (Å²) in [6.07, 6.45) is 0.704. The summed E-state index contributed by atoms with van der Waals surface area (Å²) < 4.78 is 34.0. The molecule has 0 aliphatic carbocycles. The second kappa shape index (κ2) is 9.92. The maximum atomic E-state index is 14.7. The minimum Gasteiger partial charge on any atom is -0.497 e. The van der Waals surface area contributed by atoms with Crippen molar-refractivity contribution in [2.45, 2.75) is 19.9 Å². The van der Waals surface area contributed by atoms with Gasteiger partial charge in [0.15, 0.2) is 0 Å². The van der Waals surface area contributed by atoms with Crippen molar-refractivity contribution in [2.75, 3.05) is 24.4 Å². The highest BCUT2D eigenvalue weighted by atomic mass is 19.1. The predicted octanol–water partition coefficient (Wildman–Crippen LogP) is 5.87. The molecule has 1 amide bonds. The molecular weight excluding hydrogens is 454 g/mol. The fourth-order valence-corrected chi connectivity index (χ4v) is 3.86. The number of hydrogen-bond acceptors (Lipinski definition) is 5. The van der Waals surface area contributed by atoms with Crippen LogP contribution in [0.4, 0.5) is 25.1 Å². The van der Waals surface area contributed by atoms with Crippen molar-refractivity contribution in [1.29, 1.82) is 0 Å². The van der Waals surface area contributed by atoms with E-state index in [1.165, 1.54) is 0 Å². The fourth-order valence-electron chi connectivity index (χ4n) is 3.86. The van der Waals surface area contributed by atoms with Crippen molar-refractivity contribution in [1.82, 2.24) is 9.97 Å². The number of rotatable bonds is 7. The molecule has 0 saturated carbocycles. The Morgan fingerprint density at radius 2 is 1.83 bits per heavy atom. The predicted molar refractivity (Wildman–Crippen MR) is 131 cm³/mol. The van der Waals surface area contributed by atoms with Gasteiger partial charge in [0.1, 0.15) is 23.2 Å². The highest BCUT2D eigenvalue weighted by molar-refractivity contribution is 5.88. The van der Waals surface area contributed by atoms with Gasteiger partial charge in [-0.05, 0) is 36.2 Å². The van der Waals surface area contributed by atoms with E-state index in [1.54, 1.807) is 19.4 Å². The van der Waals surface area contributed by atoms with Gasteiger partial charge in [0.25, 0.3) is 0 Å². The Kier molecular flexibility index (Phi) is 6.77. The third kappa shape index (κ3) is 5.13. The van der Waals surface area contributed by atoms with Crippen molar-refractivity contribution in [3.8, 4) is 16.9 Å². The molecule has 0 unspecified atom stereocenters. The lowest BCUT2D eigenvalue weighted by atomic mass is 9.99. The van der Waals surface area contributed by atoms with E-state index in [-0.39, 0.29) is 11.3 Å². The fraction of sp³-hybridized carbons (Fsp3) is 0.192. The van der Waals surface area contributed by atoms with Gasteiger partial charge in [0.05, 0.1) is 18.3 Å². The third-order valence-electron chi connectivity index (χ3n) is 5.66. The number of hydrogen-bond donors (Lipinski definition) is 2. The molecule has 0 spiro atoms. The van der Waals surface area contributed by atoms with Crippen LogP contribution in [0.3, 0.4) is 0 Å². The number of carbonyl (C=O) groups is 1. The number of nitrogens with one attached hydrogen (secondary N) is 1. The summed E-state index contributed by atoms with van der Waals surface area (Å²) >= 11 is 0. The summed E-state index contributed by atoms with van der Waals surface area (Å²) in [4.78, 5) is 22.2. The molecule has 4 rings (SSSR count). The van der Waals surface area contributed by atoms with Crippen LogP contribution in [0.2, 0.25) is 0 Å². The van der Waals surface area contributed by atoms with Crippen LogP contribution in [-0.2, 0) is 13.0 Å². The van der Waals surface area contributed by atoms with Gasteiger partial charge in [-0.3, -0.25) is 10.3 Å². The van der Waals surface area contributed by atoms with Gasteiger partial charge >= 0.3 is 6.09 Å². The first-order valence-corrected chi connectivity index (χ1v) is 10.9. The number of pyridine rings is 2. The normalized spacial score (nSPS) is 10.9. The zero-order valence-corrected chi connectivity index (χ0v) is 19.5. The molecular formula is C26H24F2N4O3. The molecule has 2 aromatic heterocycles. The van der Waals surface area contributed by atoms with Crippen LogP contribution in [0.1, 0.15) is 18.2 Å². The maximum absolute atomic E-state index is 14.7. The Bertz CT molecular complexity index is 1390. The molecule has 2 aromatic carbocycles. The van der Waals surface area contributed by atoms with Gasteiger partial charge in [0, 0.05) is 54.1 Å². The van der Waals surface area contributed by atoms with Gasteiger partial charge in [0.2, 0.25) is 0 Å². The third-order valence-corrected chi connectivity index (χ3v) is 5.66. The Balaban J connectivity index is 1.70. The molecule has 9 heteroatoms. The highest BCUT2D eigenvalue weighted by Gasteiger charge is 2.17. The molecule has 180 valence electrons. The van der Waals surface area contributed by atoms with E-state index >= 15 is 0 Å². The summed E-state index contributed by atoms with van der Waals surface area (Å²) in [6.45, 7) is 2.51. The molecule has 4 aromatic rings. The van der Waals surface area contributed by atoms with Gasteiger partial charge in [-0.2, -0.15) is 0 Å². The number of nitrogens with zero attached hydrogens (tertiary/aromatic N) is 3. The SMILES string of the molecule is CCc1nc2cc(N(C)Cc3ccc(OC)cc3)ncc2cc1-c1cc(NC(=O)O)c(F)cc1F. The lowest BCUT2D eigenvalue weighted by molar-refractivity contribution is 0.209. The van der Waals surface area contributed by atoms with E-state index in [2.05, 4.69) is 4.98 Å². The molecule has 0 saturated heterocycles. The summed E-state index contributed by atoms with van der Waals surface area (Å²) in [7, 11) is 3.55. The van der Waals surface area contributed by atoms with Crippen molar-refractivity contribution in [2.24, 2.45) is 0 Å². The molecule has 0 atom stereocenters. The molecule has 2 heterocycles. The molecule has 35 heavy (non-hydrogen) atoms. The van der Waals surface area contributed by atoms with E-state index in [4.69, 9.17) is 14.8 Å². The molecule has 0 fully saturated rings. The lowest BCUT2D eigenvalue weighted by Gasteiger charge is -2.19. The van der Waals surface area contributed by atoms with Gasteiger partial charge in [-0.15, -0.1) is 0 Å². The molecule has 0 radical (unpaired) electrons. The number of ether oxygens (including phenoxy) is 1. The van der Waals surface area contributed by atoms with Gasteiger partial charge in [-0.25, -0.2) is 18.6 Å². The quantitative estimate of drug-likeness (QED) is 0.345. The van der Waals surface area contributed by atoms with Crippen LogP contribution in [0.5, 0.6) is 5.75 Å². The van der Waals surface area contributed by atoms with Gasteiger partial charge in [-0.1, -0.05) is 19.1 Å². The van der Waals surface area contributed by atoms with E-state index in [9.17, 15) is 13.6 Å². The van der Waals surface area contributed by atoms with E-state index in [1.807, 2.05) is 54.5 Å². The van der Waals surface area contributed by atoms with Crippen LogP contribution in [0.25, 0.3) is 22.0 Å². The molecule has 0 aliphatic heterocycles. The Hall–Kier alpha value is -4.27. The number of fused-ring (bicyclic) bond motifs is 1. The van der Waals surface area contributed by atoms with Crippen LogP contribution < -0.4 is 15.0 Å². The second-order valence-electron chi connectivity index (χ2n) is 8.02. The highest BCUT2D eigenvalue weighted by Crippen LogP contribution is 2.33. The van der Waals surface area contributed by atoms with E-state index in [0.717, 1.165) is 23.2 Å². The zero-order chi connectivity index (χ0) is 25.1. The number of benzene rings is 2. The maximum Gasteiger partial charge on any atom is 0.409 e. The Labute approximate surface area is 201 Å². The van der Waals surface area contributed by atoms with E-state index < -0.39 is 17.7 Å². The summed E-state index contributed by atoms with van der Waals surface area (Å²) in [5.41, 5.74) is 2.55. The number of halogens is 2. The van der Waals surface area contributed by atoms with Crippen molar-refractivity contribution in [3.05, 3.63) is 77.6 Å². The summed E-state index contributed by atoms with van der Waals surface area (Å²) in [5.74, 6) is -0.294. The molecule has 7 nitrogen and oxygen atoms in total. The van der Waals surface area contributed by atoms with Crippen LogP contribution in [0.15, 0.2) is 54.7 Å². The number of methoxy groups -OCH3 is 1. The second-order valence-corrected chi connectivity index (χ2v) is 8.02. The van der Waals surface area contributed by atoms with Crippen molar-refractivity contribution in [3.63, 3.8) is 0 Å². The van der Waals surface area contributed by atoms with Crippen molar-refractivity contribution < 1.29 is 23.4 Å². The van der Waals surface area contributed by atoms with Gasteiger partial charge < -0.3 is 14.7 Å². The average molecular weight is 478 g/mol. The van der Waals surface area contributed by atoms with Crippen LogP contribution in [0, 0.1) is 11.6 Å². The zero-order valence-electron chi connectivity index (χ0n) is 19.5. The smallest absolute Gasteiger partial charge is 0.409 e. The number of amides is 1. The number of aryl methyl sites for hydroxylation is 1. The molecule has 2 N–H and O–H groups in total. The first-order valence-electron chi connectivity index (χ1n) is 10.9. The molecule has 0 bridgehead atoms. The first kappa shape index (κ1) is 23.9. The number of aromatic nitrogens is 2. The molecule has 0 aliphatic rings. The van der Waals surface area contributed by atoms with Crippen molar-refractivity contribution >= 4 is 28.5 Å². The van der Waals surface area contributed by atoms with E-state index in [0.29, 0.717) is 41.2 Å².